The quantitative estimate of drug-likeness (QED) is 0.806. The Kier molecular flexibility index (Phi) is 3.24. The molecular weight excluding hydrogens is 224 g/mol. The summed E-state index contributed by atoms with van der Waals surface area (Å²) in [6.45, 7) is 0. The van der Waals surface area contributed by atoms with Gasteiger partial charge in [-0.25, -0.2) is 8.78 Å². The van der Waals surface area contributed by atoms with E-state index in [1.165, 1.54) is 12.1 Å². The number of benzene rings is 1. The molecule has 0 spiro atoms. The molecule has 1 aliphatic carbocycles. The van der Waals surface area contributed by atoms with Crippen LogP contribution in [0.3, 0.4) is 0 Å². The molecule has 1 aromatic rings. The van der Waals surface area contributed by atoms with E-state index < -0.39 is 23.0 Å². The lowest BCUT2D eigenvalue weighted by Crippen LogP contribution is -2.49. The van der Waals surface area contributed by atoms with Crippen LogP contribution in [-0.2, 0) is 0 Å². The van der Waals surface area contributed by atoms with Crippen LogP contribution in [0.1, 0.15) is 42.5 Å². The van der Waals surface area contributed by atoms with Crippen molar-refractivity contribution in [2.75, 3.05) is 0 Å². The van der Waals surface area contributed by atoms with Crippen LogP contribution >= 0.6 is 0 Å². The standard InChI is InChI=1S/C13H15F2NO/c14-10-6-4-5-9(11(10)15)12(17)13(16)7-2-1-3-8-13/h4-6H,1-3,7-8,16H2. The van der Waals surface area contributed by atoms with Gasteiger partial charge in [-0.15, -0.1) is 0 Å². The molecule has 0 amide bonds. The molecule has 2 N–H and O–H groups in total. The van der Waals surface area contributed by atoms with E-state index in [-0.39, 0.29) is 5.56 Å². The number of halogens is 2. The summed E-state index contributed by atoms with van der Waals surface area (Å²) in [4.78, 5) is 12.2. The molecule has 92 valence electrons. The van der Waals surface area contributed by atoms with Crippen LogP contribution in [0.4, 0.5) is 8.78 Å². The van der Waals surface area contributed by atoms with E-state index in [2.05, 4.69) is 0 Å². The predicted molar refractivity (Wildman–Crippen MR) is 60.7 cm³/mol. The summed E-state index contributed by atoms with van der Waals surface area (Å²) in [5.74, 6) is -2.57. The fourth-order valence-corrected chi connectivity index (χ4v) is 2.36. The first-order valence-electron chi connectivity index (χ1n) is 5.82. The lowest BCUT2D eigenvalue weighted by Gasteiger charge is -2.31. The summed E-state index contributed by atoms with van der Waals surface area (Å²) in [7, 11) is 0. The third kappa shape index (κ3) is 2.22. The lowest BCUT2D eigenvalue weighted by atomic mass is 9.77. The molecule has 1 aromatic carbocycles. The zero-order valence-corrected chi connectivity index (χ0v) is 9.51. The molecule has 17 heavy (non-hydrogen) atoms. The first-order valence-corrected chi connectivity index (χ1v) is 5.82. The Balaban J connectivity index is 2.33. The summed E-state index contributed by atoms with van der Waals surface area (Å²) in [5.41, 5.74) is 4.77. The van der Waals surface area contributed by atoms with Gasteiger partial charge in [-0.05, 0) is 25.0 Å². The maximum Gasteiger partial charge on any atom is 0.185 e. The van der Waals surface area contributed by atoms with Gasteiger partial charge in [-0.3, -0.25) is 4.79 Å². The highest BCUT2D eigenvalue weighted by atomic mass is 19.2. The van der Waals surface area contributed by atoms with Crippen LogP contribution in [0, 0.1) is 11.6 Å². The van der Waals surface area contributed by atoms with Crippen molar-refractivity contribution in [2.24, 2.45) is 5.73 Å². The molecule has 2 rings (SSSR count). The fourth-order valence-electron chi connectivity index (χ4n) is 2.36. The van der Waals surface area contributed by atoms with Crippen molar-refractivity contribution in [3.63, 3.8) is 0 Å². The van der Waals surface area contributed by atoms with Gasteiger partial charge in [0.05, 0.1) is 11.1 Å². The maximum absolute atomic E-state index is 13.5. The van der Waals surface area contributed by atoms with Gasteiger partial charge >= 0.3 is 0 Å². The third-order valence-electron chi connectivity index (χ3n) is 3.39. The molecule has 0 aliphatic heterocycles. The summed E-state index contributed by atoms with van der Waals surface area (Å²) in [6, 6.07) is 3.62. The summed E-state index contributed by atoms with van der Waals surface area (Å²) >= 11 is 0. The third-order valence-corrected chi connectivity index (χ3v) is 3.39. The van der Waals surface area contributed by atoms with E-state index >= 15 is 0 Å². The Bertz CT molecular complexity index is 439. The SMILES string of the molecule is NC1(C(=O)c2cccc(F)c2F)CCCCC1. The smallest absolute Gasteiger partial charge is 0.185 e. The first kappa shape index (κ1) is 12.2. The molecule has 1 fully saturated rings. The van der Waals surface area contributed by atoms with Gasteiger partial charge in [0.2, 0.25) is 0 Å². The van der Waals surface area contributed by atoms with Gasteiger partial charge in [-0.2, -0.15) is 0 Å². The Morgan fingerprint density at radius 2 is 1.82 bits per heavy atom. The first-order chi connectivity index (χ1) is 8.04. The Hall–Kier alpha value is -1.29. The van der Waals surface area contributed by atoms with E-state index in [9.17, 15) is 13.6 Å². The Morgan fingerprint density at radius 1 is 1.18 bits per heavy atom. The molecule has 0 bridgehead atoms. The van der Waals surface area contributed by atoms with Crippen molar-refractivity contribution in [3.05, 3.63) is 35.4 Å². The molecule has 1 aliphatic rings. The second kappa shape index (κ2) is 4.53. The van der Waals surface area contributed by atoms with Crippen molar-refractivity contribution in [2.45, 2.75) is 37.6 Å². The summed E-state index contributed by atoms with van der Waals surface area (Å²) < 4.78 is 26.6. The average Bonchev–Trinajstić information content (AvgIpc) is 2.33. The van der Waals surface area contributed by atoms with Crippen molar-refractivity contribution in [1.82, 2.24) is 0 Å². The number of ketones is 1. The van der Waals surface area contributed by atoms with Crippen LogP contribution in [0.25, 0.3) is 0 Å². The van der Waals surface area contributed by atoms with Crippen molar-refractivity contribution in [1.29, 1.82) is 0 Å². The van der Waals surface area contributed by atoms with Crippen LogP contribution in [0.15, 0.2) is 18.2 Å². The molecule has 0 heterocycles. The highest BCUT2D eigenvalue weighted by Crippen LogP contribution is 2.30. The normalized spacial score (nSPS) is 19.0. The van der Waals surface area contributed by atoms with Crippen LogP contribution in [0.5, 0.6) is 0 Å². The van der Waals surface area contributed by atoms with E-state index in [1.54, 1.807) is 0 Å². The number of Topliss-reactive ketones (excluding diaryl/α,β-unsaturated/α-hetero) is 1. The number of hydrogen-bond acceptors (Lipinski definition) is 2. The average molecular weight is 239 g/mol. The van der Waals surface area contributed by atoms with Crippen molar-refractivity contribution >= 4 is 5.78 Å². The Morgan fingerprint density at radius 3 is 2.47 bits per heavy atom. The fraction of sp³-hybridized carbons (Fsp3) is 0.462. The number of rotatable bonds is 2. The molecule has 1 saturated carbocycles. The van der Waals surface area contributed by atoms with Gasteiger partial charge in [0, 0.05) is 0 Å². The minimum atomic E-state index is -1.09. The largest absolute Gasteiger partial charge is 0.319 e. The molecule has 0 aromatic heterocycles. The Labute approximate surface area is 98.8 Å². The second-order valence-corrected chi connectivity index (χ2v) is 4.65. The van der Waals surface area contributed by atoms with Crippen molar-refractivity contribution in [3.8, 4) is 0 Å². The maximum atomic E-state index is 13.5. The van der Waals surface area contributed by atoms with E-state index in [0.29, 0.717) is 12.8 Å². The zero-order chi connectivity index (χ0) is 12.5. The van der Waals surface area contributed by atoms with Gasteiger partial charge < -0.3 is 5.73 Å². The van der Waals surface area contributed by atoms with Gasteiger partial charge in [0.25, 0.3) is 0 Å². The highest BCUT2D eigenvalue weighted by molar-refractivity contribution is 6.03. The number of nitrogens with two attached hydrogens (primary N) is 1. The molecule has 0 radical (unpaired) electrons. The monoisotopic (exact) mass is 239 g/mol. The molecule has 4 heteroatoms. The van der Waals surface area contributed by atoms with Crippen LogP contribution < -0.4 is 5.73 Å². The minimum Gasteiger partial charge on any atom is -0.319 e. The molecule has 0 unspecified atom stereocenters. The van der Waals surface area contributed by atoms with Crippen LogP contribution in [-0.4, -0.2) is 11.3 Å². The van der Waals surface area contributed by atoms with Crippen LogP contribution in [0.2, 0.25) is 0 Å². The van der Waals surface area contributed by atoms with Gasteiger partial charge in [0.15, 0.2) is 17.4 Å². The molecule has 2 nitrogen and oxygen atoms in total. The molecule has 0 atom stereocenters. The summed E-state index contributed by atoms with van der Waals surface area (Å²) in [6.07, 6.45) is 3.85. The van der Waals surface area contributed by atoms with Gasteiger partial charge in [0.1, 0.15) is 0 Å². The second-order valence-electron chi connectivity index (χ2n) is 4.65. The van der Waals surface area contributed by atoms with E-state index in [1.807, 2.05) is 0 Å². The number of carbonyl (C=O) groups is 1. The topological polar surface area (TPSA) is 43.1 Å². The number of carbonyl (C=O) groups excluding carboxylic acids is 1. The molecule has 0 saturated heterocycles. The zero-order valence-electron chi connectivity index (χ0n) is 9.51. The van der Waals surface area contributed by atoms with E-state index in [4.69, 9.17) is 5.73 Å². The molecular formula is C13H15F2NO. The van der Waals surface area contributed by atoms with Gasteiger partial charge in [-0.1, -0.05) is 25.3 Å². The number of hydrogen-bond donors (Lipinski definition) is 1. The van der Waals surface area contributed by atoms with E-state index in [0.717, 1.165) is 25.3 Å². The van der Waals surface area contributed by atoms with Crippen molar-refractivity contribution < 1.29 is 13.6 Å². The lowest BCUT2D eigenvalue weighted by molar-refractivity contribution is 0.0842. The predicted octanol–water partition coefficient (Wildman–Crippen LogP) is 2.81. The highest BCUT2D eigenvalue weighted by Gasteiger charge is 2.37. The summed E-state index contributed by atoms with van der Waals surface area (Å²) in [5, 5.41) is 0. The minimum absolute atomic E-state index is 0.227.